The van der Waals surface area contributed by atoms with Gasteiger partial charge in [0, 0.05) is 26.3 Å². The summed E-state index contributed by atoms with van der Waals surface area (Å²) in [6.07, 6.45) is 5.41. The number of ether oxygens (including phenoxy) is 1. The molecule has 0 unspecified atom stereocenters. The van der Waals surface area contributed by atoms with E-state index in [4.69, 9.17) is 4.74 Å². The van der Waals surface area contributed by atoms with Crippen molar-refractivity contribution in [3.63, 3.8) is 0 Å². The monoisotopic (exact) mass is 264 g/mol. The molecule has 1 aliphatic carbocycles. The number of methoxy groups -OCH3 is 1. The van der Waals surface area contributed by atoms with Crippen LogP contribution < -0.4 is 10.6 Å². The Balaban J connectivity index is 1.99. The molecule has 1 aromatic heterocycles. The number of hydrogen-bond acceptors (Lipinski definition) is 5. The van der Waals surface area contributed by atoms with Crippen molar-refractivity contribution in [2.45, 2.75) is 39.2 Å². The van der Waals surface area contributed by atoms with E-state index in [9.17, 15) is 0 Å². The van der Waals surface area contributed by atoms with Crippen LogP contribution in [-0.4, -0.2) is 30.2 Å². The first kappa shape index (κ1) is 14.1. The predicted octanol–water partition coefficient (Wildman–Crippen LogP) is 2.66. The predicted molar refractivity (Wildman–Crippen MR) is 77.4 cm³/mol. The molecule has 2 N–H and O–H groups in total. The van der Waals surface area contributed by atoms with Crippen LogP contribution in [-0.2, 0) is 11.3 Å². The molecular formula is C14H24N4O. The summed E-state index contributed by atoms with van der Waals surface area (Å²) < 4.78 is 5.11. The number of hydrogen-bond donors (Lipinski definition) is 2. The van der Waals surface area contributed by atoms with Crippen molar-refractivity contribution in [2.24, 2.45) is 5.92 Å². The fraction of sp³-hybridized carbons (Fsp3) is 0.714. The van der Waals surface area contributed by atoms with E-state index in [0.29, 0.717) is 6.61 Å². The van der Waals surface area contributed by atoms with Crippen LogP contribution >= 0.6 is 0 Å². The van der Waals surface area contributed by atoms with Gasteiger partial charge in [0.25, 0.3) is 0 Å². The SMILES string of the molecule is CCNc1cc(NCC2CCCC2)nc(COC)n1. The molecule has 5 heteroatoms. The first-order chi connectivity index (χ1) is 9.31. The molecule has 2 rings (SSSR count). The molecule has 1 heterocycles. The van der Waals surface area contributed by atoms with Gasteiger partial charge in [-0.1, -0.05) is 12.8 Å². The summed E-state index contributed by atoms with van der Waals surface area (Å²) in [5.41, 5.74) is 0. The lowest BCUT2D eigenvalue weighted by Gasteiger charge is -2.13. The molecule has 1 saturated carbocycles. The number of rotatable bonds is 7. The van der Waals surface area contributed by atoms with Gasteiger partial charge in [0.15, 0.2) is 5.82 Å². The van der Waals surface area contributed by atoms with Gasteiger partial charge in [-0.05, 0) is 25.7 Å². The minimum absolute atomic E-state index is 0.442. The quantitative estimate of drug-likeness (QED) is 0.793. The molecular weight excluding hydrogens is 240 g/mol. The normalized spacial score (nSPS) is 15.7. The second-order valence-corrected chi connectivity index (χ2v) is 5.05. The zero-order valence-electron chi connectivity index (χ0n) is 11.9. The molecule has 1 aromatic rings. The lowest BCUT2D eigenvalue weighted by Crippen LogP contribution is -2.14. The fourth-order valence-corrected chi connectivity index (χ4v) is 2.52. The second kappa shape index (κ2) is 7.28. The molecule has 1 fully saturated rings. The third-order valence-corrected chi connectivity index (χ3v) is 3.45. The molecule has 0 atom stereocenters. The molecule has 0 spiro atoms. The summed E-state index contributed by atoms with van der Waals surface area (Å²) in [5, 5.41) is 6.67. The van der Waals surface area contributed by atoms with Crippen molar-refractivity contribution in [1.29, 1.82) is 0 Å². The maximum absolute atomic E-state index is 5.11. The maximum atomic E-state index is 5.11. The Morgan fingerprint density at radius 1 is 1.21 bits per heavy atom. The van der Waals surface area contributed by atoms with E-state index in [1.807, 2.05) is 6.07 Å². The topological polar surface area (TPSA) is 59.1 Å². The molecule has 0 saturated heterocycles. The van der Waals surface area contributed by atoms with Crippen molar-refractivity contribution < 1.29 is 4.74 Å². The lowest BCUT2D eigenvalue weighted by atomic mass is 10.1. The highest BCUT2D eigenvalue weighted by Gasteiger charge is 2.15. The third-order valence-electron chi connectivity index (χ3n) is 3.45. The number of nitrogens with one attached hydrogen (secondary N) is 2. The molecule has 5 nitrogen and oxygen atoms in total. The molecule has 0 aromatic carbocycles. The van der Waals surface area contributed by atoms with Gasteiger partial charge in [-0.2, -0.15) is 0 Å². The van der Waals surface area contributed by atoms with Crippen LogP contribution in [0.1, 0.15) is 38.4 Å². The first-order valence-corrected chi connectivity index (χ1v) is 7.16. The highest BCUT2D eigenvalue weighted by atomic mass is 16.5. The van der Waals surface area contributed by atoms with Gasteiger partial charge in [-0.15, -0.1) is 0 Å². The Hall–Kier alpha value is -1.36. The Morgan fingerprint density at radius 3 is 2.53 bits per heavy atom. The smallest absolute Gasteiger partial charge is 0.158 e. The first-order valence-electron chi connectivity index (χ1n) is 7.16. The number of aromatic nitrogens is 2. The van der Waals surface area contributed by atoms with Crippen LogP contribution in [0.2, 0.25) is 0 Å². The van der Waals surface area contributed by atoms with Crippen LogP contribution in [0.3, 0.4) is 0 Å². The van der Waals surface area contributed by atoms with Crippen LogP contribution in [0, 0.1) is 5.92 Å². The Kier molecular flexibility index (Phi) is 5.39. The van der Waals surface area contributed by atoms with Crippen LogP contribution in [0.25, 0.3) is 0 Å². The molecule has 1 aliphatic rings. The van der Waals surface area contributed by atoms with Gasteiger partial charge in [0.05, 0.1) is 0 Å². The Labute approximate surface area is 115 Å². The molecule has 106 valence electrons. The summed E-state index contributed by atoms with van der Waals surface area (Å²) in [5.74, 6) is 3.27. The molecule has 19 heavy (non-hydrogen) atoms. The summed E-state index contributed by atoms with van der Waals surface area (Å²) in [6, 6.07) is 1.97. The van der Waals surface area contributed by atoms with Gasteiger partial charge >= 0.3 is 0 Å². The van der Waals surface area contributed by atoms with Gasteiger partial charge in [0.1, 0.15) is 18.2 Å². The van der Waals surface area contributed by atoms with E-state index in [0.717, 1.165) is 36.5 Å². The third kappa shape index (κ3) is 4.35. The van der Waals surface area contributed by atoms with E-state index in [1.165, 1.54) is 25.7 Å². The summed E-state index contributed by atoms with van der Waals surface area (Å²) in [7, 11) is 1.66. The molecule has 0 radical (unpaired) electrons. The Bertz CT molecular complexity index is 367. The average Bonchev–Trinajstić information content (AvgIpc) is 2.90. The average molecular weight is 264 g/mol. The van der Waals surface area contributed by atoms with Crippen molar-refractivity contribution in [1.82, 2.24) is 9.97 Å². The molecule has 0 aliphatic heterocycles. The maximum Gasteiger partial charge on any atom is 0.158 e. The Morgan fingerprint density at radius 2 is 1.89 bits per heavy atom. The van der Waals surface area contributed by atoms with Gasteiger partial charge < -0.3 is 15.4 Å². The lowest BCUT2D eigenvalue weighted by molar-refractivity contribution is 0.178. The fourth-order valence-electron chi connectivity index (χ4n) is 2.52. The van der Waals surface area contributed by atoms with Crippen LogP contribution in [0.4, 0.5) is 11.6 Å². The van der Waals surface area contributed by atoms with E-state index < -0.39 is 0 Å². The van der Waals surface area contributed by atoms with Crippen molar-refractivity contribution in [3.05, 3.63) is 11.9 Å². The highest BCUT2D eigenvalue weighted by molar-refractivity contribution is 5.47. The minimum atomic E-state index is 0.442. The van der Waals surface area contributed by atoms with Crippen LogP contribution in [0.5, 0.6) is 0 Å². The van der Waals surface area contributed by atoms with Crippen LogP contribution in [0.15, 0.2) is 6.07 Å². The van der Waals surface area contributed by atoms with Crippen molar-refractivity contribution in [3.8, 4) is 0 Å². The van der Waals surface area contributed by atoms with Gasteiger partial charge in [-0.25, -0.2) is 9.97 Å². The number of anilines is 2. The minimum Gasteiger partial charge on any atom is -0.377 e. The second-order valence-electron chi connectivity index (χ2n) is 5.05. The summed E-state index contributed by atoms with van der Waals surface area (Å²) >= 11 is 0. The molecule has 0 amide bonds. The largest absolute Gasteiger partial charge is 0.377 e. The molecule has 0 bridgehead atoms. The zero-order chi connectivity index (χ0) is 13.5. The summed E-state index contributed by atoms with van der Waals surface area (Å²) in [4.78, 5) is 8.88. The number of nitrogens with zero attached hydrogens (tertiary/aromatic N) is 2. The highest BCUT2D eigenvalue weighted by Crippen LogP contribution is 2.25. The van der Waals surface area contributed by atoms with Crippen molar-refractivity contribution >= 4 is 11.6 Å². The summed E-state index contributed by atoms with van der Waals surface area (Å²) in [6.45, 7) is 4.36. The van der Waals surface area contributed by atoms with E-state index in [2.05, 4.69) is 27.5 Å². The van der Waals surface area contributed by atoms with E-state index in [1.54, 1.807) is 7.11 Å². The van der Waals surface area contributed by atoms with Gasteiger partial charge in [0.2, 0.25) is 0 Å². The van der Waals surface area contributed by atoms with Gasteiger partial charge in [-0.3, -0.25) is 0 Å². The standard InChI is InChI=1S/C14H24N4O/c1-3-15-12-8-13(18-14(17-12)10-19-2)16-9-11-6-4-5-7-11/h8,11H,3-7,9-10H2,1-2H3,(H2,15,16,17,18). The van der Waals surface area contributed by atoms with Crippen molar-refractivity contribution in [2.75, 3.05) is 30.8 Å². The van der Waals surface area contributed by atoms with E-state index >= 15 is 0 Å². The van der Waals surface area contributed by atoms with E-state index in [-0.39, 0.29) is 0 Å². The zero-order valence-corrected chi connectivity index (χ0v) is 11.9.